The Morgan fingerprint density at radius 2 is 2.19 bits per heavy atom. The topological polar surface area (TPSA) is 55.4 Å². The molecule has 4 nitrogen and oxygen atoms in total. The Kier molecular flexibility index (Phi) is 1.80. The molecule has 1 aromatic rings. The van der Waals surface area contributed by atoms with E-state index in [0.29, 0.717) is 22.7 Å². The third kappa shape index (κ3) is 1.10. The van der Waals surface area contributed by atoms with E-state index < -0.39 is 5.60 Å². The average Bonchev–Trinajstić information content (AvgIpc) is 2.72. The highest BCUT2D eigenvalue weighted by molar-refractivity contribution is 6.31. The Morgan fingerprint density at radius 3 is 2.88 bits per heavy atom. The van der Waals surface area contributed by atoms with Crippen LogP contribution in [0.5, 0.6) is 0 Å². The molecule has 0 aliphatic carbocycles. The number of ether oxygens (including phenoxy) is 1. The van der Waals surface area contributed by atoms with Crippen molar-refractivity contribution in [2.24, 2.45) is 0 Å². The van der Waals surface area contributed by atoms with Gasteiger partial charge in [-0.15, -0.1) is 0 Å². The molecule has 0 aromatic heterocycles. The number of rotatable bonds is 0. The number of fused-ring (bicyclic) bond motifs is 2. The number of benzene rings is 1. The third-order valence-electron chi connectivity index (χ3n) is 3.00. The van der Waals surface area contributed by atoms with Crippen molar-refractivity contribution in [2.75, 3.05) is 5.32 Å². The quantitative estimate of drug-likeness (QED) is 0.701. The maximum Gasteiger partial charge on any atom is 0.307 e. The SMILES string of the molecule is O=C1CCC2(O1)C(=O)Nc1cc(Cl)ccc12. The summed E-state index contributed by atoms with van der Waals surface area (Å²) in [7, 11) is 0. The molecule has 2 heterocycles. The van der Waals surface area contributed by atoms with E-state index in [1.807, 2.05) is 0 Å². The maximum absolute atomic E-state index is 11.9. The number of nitrogens with one attached hydrogen (secondary N) is 1. The lowest BCUT2D eigenvalue weighted by molar-refractivity contribution is -0.156. The van der Waals surface area contributed by atoms with Crippen LogP contribution in [-0.2, 0) is 19.9 Å². The summed E-state index contributed by atoms with van der Waals surface area (Å²) in [5.41, 5.74) is 0.219. The summed E-state index contributed by atoms with van der Waals surface area (Å²) in [5, 5.41) is 3.23. The predicted molar refractivity (Wildman–Crippen MR) is 57.1 cm³/mol. The number of hydrogen-bond acceptors (Lipinski definition) is 3. The molecule has 82 valence electrons. The molecular formula is C11H8ClNO3. The van der Waals surface area contributed by atoms with Crippen molar-refractivity contribution in [2.45, 2.75) is 18.4 Å². The largest absolute Gasteiger partial charge is 0.444 e. The van der Waals surface area contributed by atoms with Gasteiger partial charge >= 0.3 is 5.97 Å². The number of carbonyl (C=O) groups is 2. The molecule has 16 heavy (non-hydrogen) atoms. The van der Waals surface area contributed by atoms with Gasteiger partial charge < -0.3 is 10.1 Å². The number of esters is 1. The van der Waals surface area contributed by atoms with Crippen LogP contribution in [0.4, 0.5) is 5.69 Å². The lowest BCUT2D eigenvalue weighted by Gasteiger charge is -2.19. The molecule has 1 saturated heterocycles. The molecule has 1 unspecified atom stereocenters. The van der Waals surface area contributed by atoms with Crippen molar-refractivity contribution in [1.82, 2.24) is 0 Å². The van der Waals surface area contributed by atoms with Gasteiger partial charge in [-0.2, -0.15) is 0 Å². The fraction of sp³-hybridized carbons (Fsp3) is 0.273. The summed E-state index contributed by atoms with van der Waals surface area (Å²) in [4.78, 5) is 23.1. The number of amides is 1. The Labute approximate surface area is 96.5 Å². The van der Waals surface area contributed by atoms with Gasteiger partial charge in [0.15, 0.2) is 0 Å². The number of carbonyl (C=O) groups excluding carboxylic acids is 2. The van der Waals surface area contributed by atoms with Crippen LogP contribution in [0.2, 0.25) is 5.02 Å². The second-order valence-corrected chi connectivity index (χ2v) is 4.38. The zero-order valence-electron chi connectivity index (χ0n) is 8.25. The van der Waals surface area contributed by atoms with Gasteiger partial charge in [0.1, 0.15) is 0 Å². The molecule has 0 radical (unpaired) electrons. The van der Waals surface area contributed by atoms with E-state index in [2.05, 4.69) is 5.32 Å². The van der Waals surface area contributed by atoms with E-state index in [-0.39, 0.29) is 18.3 Å². The van der Waals surface area contributed by atoms with Gasteiger partial charge in [-0.25, -0.2) is 0 Å². The van der Waals surface area contributed by atoms with E-state index >= 15 is 0 Å². The molecule has 2 aliphatic rings. The smallest absolute Gasteiger partial charge is 0.307 e. The lowest BCUT2D eigenvalue weighted by atomic mass is 9.92. The number of halogens is 1. The fourth-order valence-electron chi connectivity index (χ4n) is 2.24. The first kappa shape index (κ1) is 9.66. The lowest BCUT2D eigenvalue weighted by Crippen LogP contribution is -2.33. The summed E-state index contributed by atoms with van der Waals surface area (Å²) in [5.74, 6) is -0.617. The van der Waals surface area contributed by atoms with E-state index in [1.165, 1.54) is 0 Å². The van der Waals surface area contributed by atoms with Crippen LogP contribution in [-0.4, -0.2) is 11.9 Å². The van der Waals surface area contributed by atoms with Crippen molar-refractivity contribution in [3.63, 3.8) is 0 Å². The van der Waals surface area contributed by atoms with Crippen molar-refractivity contribution < 1.29 is 14.3 Å². The Hall–Kier alpha value is -1.55. The number of hydrogen-bond donors (Lipinski definition) is 1. The molecule has 1 fully saturated rings. The summed E-state index contributed by atoms with van der Waals surface area (Å²) < 4.78 is 5.19. The van der Waals surface area contributed by atoms with Gasteiger partial charge in [-0.1, -0.05) is 17.7 Å². The van der Waals surface area contributed by atoms with Crippen LogP contribution in [0.15, 0.2) is 18.2 Å². The average molecular weight is 238 g/mol. The molecule has 3 rings (SSSR count). The van der Waals surface area contributed by atoms with Gasteiger partial charge in [-0.3, -0.25) is 9.59 Å². The van der Waals surface area contributed by atoms with Crippen LogP contribution < -0.4 is 5.32 Å². The van der Waals surface area contributed by atoms with Gasteiger partial charge in [-0.05, 0) is 12.1 Å². The van der Waals surface area contributed by atoms with E-state index in [0.717, 1.165) is 0 Å². The second kappa shape index (κ2) is 2.98. The monoisotopic (exact) mass is 237 g/mol. The highest BCUT2D eigenvalue weighted by atomic mass is 35.5. The van der Waals surface area contributed by atoms with Crippen LogP contribution in [0.3, 0.4) is 0 Å². The summed E-state index contributed by atoms with van der Waals surface area (Å²) in [6.07, 6.45) is 0.668. The van der Waals surface area contributed by atoms with E-state index in [9.17, 15) is 9.59 Å². The molecule has 0 saturated carbocycles. The predicted octanol–water partition coefficient (Wildman–Crippen LogP) is 1.82. The Morgan fingerprint density at radius 1 is 1.38 bits per heavy atom. The molecule has 1 aromatic carbocycles. The van der Waals surface area contributed by atoms with Crippen molar-refractivity contribution in [3.05, 3.63) is 28.8 Å². The zero-order valence-corrected chi connectivity index (χ0v) is 9.00. The molecule has 1 amide bonds. The summed E-state index contributed by atoms with van der Waals surface area (Å²) >= 11 is 5.84. The van der Waals surface area contributed by atoms with Gasteiger partial charge in [0.25, 0.3) is 5.91 Å². The van der Waals surface area contributed by atoms with Crippen molar-refractivity contribution >= 4 is 29.2 Å². The minimum atomic E-state index is -1.11. The standard InChI is InChI=1S/C11H8ClNO3/c12-6-1-2-7-8(5-6)13-10(15)11(7)4-3-9(14)16-11/h1-2,5H,3-4H2,(H,13,15). The van der Waals surface area contributed by atoms with E-state index in [4.69, 9.17) is 16.3 Å². The first-order valence-corrected chi connectivity index (χ1v) is 5.33. The highest BCUT2D eigenvalue weighted by Gasteiger charge is 2.53. The van der Waals surface area contributed by atoms with Crippen molar-refractivity contribution in [1.29, 1.82) is 0 Å². The second-order valence-electron chi connectivity index (χ2n) is 3.95. The highest BCUT2D eigenvalue weighted by Crippen LogP contribution is 2.46. The minimum absolute atomic E-state index is 0.273. The molecule has 1 spiro atoms. The molecule has 1 N–H and O–H groups in total. The first-order chi connectivity index (χ1) is 7.62. The Bertz CT molecular complexity index is 514. The number of anilines is 1. The van der Waals surface area contributed by atoms with Gasteiger partial charge in [0.05, 0.1) is 12.1 Å². The first-order valence-electron chi connectivity index (χ1n) is 4.95. The minimum Gasteiger partial charge on any atom is -0.444 e. The zero-order chi connectivity index (χ0) is 11.3. The van der Waals surface area contributed by atoms with Crippen LogP contribution in [0.25, 0.3) is 0 Å². The van der Waals surface area contributed by atoms with Gasteiger partial charge in [0.2, 0.25) is 5.60 Å². The van der Waals surface area contributed by atoms with Gasteiger partial charge in [0, 0.05) is 17.0 Å². The van der Waals surface area contributed by atoms with Crippen LogP contribution >= 0.6 is 11.6 Å². The molecule has 2 aliphatic heterocycles. The maximum atomic E-state index is 11.9. The molecule has 1 atom stereocenters. The van der Waals surface area contributed by atoms with Crippen molar-refractivity contribution in [3.8, 4) is 0 Å². The molecule has 0 bridgehead atoms. The normalized spacial score (nSPS) is 26.8. The van der Waals surface area contributed by atoms with Crippen LogP contribution in [0.1, 0.15) is 18.4 Å². The molecular weight excluding hydrogens is 230 g/mol. The molecule has 5 heteroatoms. The third-order valence-corrected chi connectivity index (χ3v) is 3.24. The van der Waals surface area contributed by atoms with Crippen LogP contribution in [0, 0.1) is 0 Å². The fourth-order valence-corrected chi connectivity index (χ4v) is 2.41. The summed E-state index contributed by atoms with van der Waals surface area (Å²) in [6, 6.07) is 5.08. The Balaban J connectivity index is 2.16. The van der Waals surface area contributed by atoms with E-state index in [1.54, 1.807) is 18.2 Å². The summed E-state index contributed by atoms with van der Waals surface area (Å²) in [6.45, 7) is 0.